The lowest BCUT2D eigenvalue weighted by atomic mass is 9.78. The molecule has 0 radical (unpaired) electrons. The van der Waals surface area contributed by atoms with Crippen LogP contribution in [0.4, 0.5) is 0 Å². The number of fused-ring (bicyclic) bond motifs is 2. The molecule has 1 amide bonds. The minimum absolute atomic E-state index is 0.0843. The summed E-state index contributed by atoms with van der Waals surface area (Å²) in [5.41, 5.74) is 0. The quantitative estimate of drug-likeness (QED) is 0.287. The third-order valence-electron chi connectivity index (χ3n) is 6.55. The van der Waals surface area contributed by atoms with E-state index < -0.39 is 60.5 Å². The van der Waals surface area contributed by atoms with Crippen LogP contribution in [0.2, 0.25) is 0 Å². The minimum atomic E-state index is -2.06. The Morgan fingerprint density at radius 3 is 2.55 bits per heavy atom. The van der Waals surface area contributed by atoms with Gasteiger partial charge >= 0.3 is 0 Å². The summed E-state index contributed by atoms with van der Waals surface area (Å²) in [7, 11) is 3.24. The normalized spacial score (nSPS) is 42.6. The van der Waals surface area contributed by atoms with Crippen molar-refractivity contribution in [1.82, 2.24) is 25.9 Å². The SMILES string of the molecule is CNC1C(O)C2OC3OC(C)CC(NC(=O)Cc4ncccn4)C3(O)OC2C(NC)C1N=O. The lowest BCUT2D eigenvalue weighted by molar-refractivity contribution is -0.446. The van der Waals surface area contributed by atoms with E-state index in [4.69, 9.17) is 14.2 Å². The Labute approximate surface area is 190 Å². The van der Waals surface area contributed by atoms with Crippen LogP contribution in [0.3, 0.4) is 0 Å². The molecule has 0 aromatic carbocycles. The Morgan fingerprint density at radius 2 is 1.91 bits per heavy atom. The highest BCUT2D eigenvalue weighted by molar-refractivity contribution is 5.78. The van der Waals surface area contributed by atoms with Crippen LogP contribution < -0.4 is 16.0 Å². The minimum Gasteiger partial charge on any atom is -0.389 e. The first kappa shape index (κ1) is 24.0. The van der Waals surface area contributed by atoms with Crippen LogP contribution in [0.1, 0.15) is 19.2 Å². The summed E-state index contributed by atoms with van der Waals surface area (Å²) < 4.78 is 17.9. The van der Waals surface area contributed by atoms with E-state index in [0.29, 0.717) is 5.82 Å². The summed E-state index contributed by atoms with van der Waals surface area (Å²) in [6.07, 6.45) is -1.41. The summed E-state index contributed by atoms with van der Waals surface area (Å²) >= 11 is 0. The van der Waals surface area contributed by atoms with Crippen LogP contribution in [0, 0.1) is 4.91 Å². The molecule has 0 spiro atoms. The molecule has 13 heteroatoms. The third kappa shape index (κ3) is 4.37. The Hall–Kier alpha value is -2.13. The van der Waals surface area contributed by atoms with Crippen molar-refractivity contribution >= 4 is 5.91 Å². The van der Waals surface area contributed by atoms with E-state index in [2.05, 4.69) is 31.1 Å². The molecule has 0 bridgehead atoms. The van der Waals surface area contributed by atoms with Crippen molar-refractivity contribution in [3.8, 4) is 0 Å². The van der Waals surface area contributed by atoms with Gasteiger partial charge in [0.05, 0.1) is 30.7 Å². The van der Waals surface area contributed by atoms with E-state index in [1.165, 1.54) is 12.4 Å². The van der Waals surface area contributed by atoms with Crippen molar-refractivity contribution in [3.63, 3.8) is 0 Å². The van der Waals surface area contributed by atoms with E-state index in [-0.39, 0.29) is 18.9 Å². The molecule has 1 aromatic rings. The maximum atomic E-state index is 12.7. The van der Waals surface area contributed by atoms with Gasteiger partial charge in [0, 0.05) is 12.4 Å². The fourth-order valence-corrected chi connectivity index (χ4v) is 4.96. The van der Waals surface area contributed by atoms with E-state index in [9.17, 15) is 19.9 Å². The summed E-state index contributed by atoms with van der Waals surface area (Å²) in [5.74, 6) is -2.13. The van der Waals surface area contributed by atoms with Gasteiger partial charge in [-0.2, -0.15) is 4.91 Å². The lowest BCUT2D eigenvalue weighted by Crippen LogP contribution is -2.79. The number of amides is 1. The van der Waals surface area contributed by atoms with Gasteiger partial charge in [0.1, 0.15) is 30.2 Å². The van der Waals surface area contributed by atoms with E-state index in [1.54, 1.807) is 27.1 Å². The molecule has 4 rings (SSSR count). The Bertz CT molecular complexity index is 849. The van der Waals surface area contributed by atoms with Gasteiger partial charge in [-0.3, -0.25) is 4.79 Å². The monoisotopic (exact) mass is 466 g/mol. The zero-order valence-corrected chi connectivity index (χ0v) is 18.6. The molecule has 3 fully saturated rings. The van der Waals surface area contributed by atoms with Crippen molar-refractivity contribution in [2.45, 2.75) is 80.4 Å². The first-order valence-electron chi connectivity index (χ1n) is 10.9. The molecule has 2 saturated heterocycles. The number of ether oxygens (including phenoxy) is 3. The largest absolute Gasteiger partial charge is 0.389 e. The van der Waals surface area contributed by atoms with Crippen molar-refractivity contribution < 1.29 is 29.2 Å². The number of carbonyl (C=O) groups excluding carboxylic acids is 1. The van der Waals surface area contributed by atoms with Crippen molar-refractivity contribution in [1.29, 1.82) is 0 Å². The molecule has 2 aliphatic heterocycles. The highest BCUT2D eigenvalue weighted by Gasteiger charge is 2.64. The van der Waals surface area contributed by atoms with Crippen LogP contribution in [-0.2, 0) is 25.4 Å². The number of hydrogen-bond acceptors (Lipinski definition) is 12. The van der Waals surface area contributed by atoms with Crippen molar-refractivity contribution in [2.75, 3.05) is 14.1 Å². The van der Waals surface area contributed by atoms with Gasteiger partial charge < -0.3 is 40.4 Å². The number of aromatic nitrogens is 2. The highest BCUT2D eigenvalue weighted by Crippen LogP contribution is 2.42. The van der Waals surface area contributed by atoms with Gasteiger partial charge in [0.25, 0.3) is 0 Å². The Kier molecular flexibility index (Phi) is 7.00. The average Bonchev–Trinajstić information content (AvgIpc) is 2.79. The van der Waals surface area contributed by atoms with Crippen LogP contribution in [-0.4, -0.2) is 101 Å². The van der Waals surface area contributed by atoms with Gasteiger partial charge in [-0.05, 0) is 33.5 Å². The number of nitrogens with one attached hydrogen (secondary N) is 3. The molecule has 10 atom stereocenters. The number of likely N-dealkylation sites (N-methyl/N-ethyl adjacent to an activating group) is 2. The molecule has 3 aliphatic rings. The molecule has 5 N–H and O–H groups in total. The standard InChI is InChI=1S/C20H30N6O7/c1-9-7-10(25-12(27)8-11-23-5-4-6-24-11)20(29)19(31-9)32-18-16(28)14(21-2)13(26-30)15(22-3)17(18)33-20/h4-6,9-10,13-19,21-22,28-29H,7-8H2,1-3H3,(H,25,27). The molecule has 3 heterocycles. The second-order valence-corrected chi connectivity index (χ2v) is 8.63. The number of nitroso groups, excluding NO2 is 1. The molecule has 13 nitrogen and oxygen atoms in total. The molecule has 10 unspecified atom stereocenters. The van der Waals surface area contributed by atoms with E-state index in [1.807, 2.05) is 0 Å². The Balaban J connectivity index is 1.58. The number of aliphatic hydroxyl groups excluding tert-OH is 1. The van der Waals surface area contributed by atoms with Gasteiger partial charge in [-0.15, -0.1) is 0 Å². The molecule has 1 saturated carbocycles. The van der Waals surface area contributed by atoms with Gasteiger partial charge in [-0.25, -0.2) is 9.97 Å². The van der Waals surface area contributed by atoms with Crippen molar-refractivity contribution in [2.24, 2.45) is 5.18 Å². The zero-order chi connectivity index (χ0) is 23.8. The Morgan fingerprint density at radius 1 is 1.21 bits per heavy atom. The van der Waals surface area contributed by atoms with Crippen LogP contribution in [0.5, 0.6) is 0 Å². The van der Waals surface area contributed by atoms with E-state index in [0.717, 1.165) is 0 Å². The van der Waals surface area contributed by atoms with Gasteiger partial charge in [0.15, 0.2) is 0 Å². The van der Waals surface area contributed by atoms with Gasteiger partial charge in [-0.1, -0.05) is 5.18 Å². The highest BCUT2D eigenvalue weighted by atomic mass is 16.8. The van der Waals surface area contributed by atoms with E-state index >= 15 is 0 Å². The summed E-state index contributed by atoms with van der Waals surface area (Å²) in [4.78, 5) is 32.4. The second kappa shape index (κ2) is 9.62. The smallest absolute Gasteiger partial charge is 0.239 e. The maximum absolute atomic E-state index is 12.7. The molecule has 33 heavy (non-hydrogen) atoms. The zero-order valence-electron chi connectivity index (χ0n) is 18.6. The fourth-order valence-electron chi connectivity index (χ4n) is 4.96. The molecule has 1 aromatic heterocycles. The first-order valence-corrected chi connectivity index (χ1v) is 10.9. The van der Waals surface area contributed by atoms with Gasteiger partial charge in [0.2, 0.25) is 18.0 Å². The first-order chi connectivity index (χ1) is 15.8. The number of carbonyl (C=O) groups is 1. The van der Waals surface area contributed by atoms with Crippen molar-refractivity contribution in [3.05, 3.63) is 29.2 Å². The number of nitrogens with zero attached hydrogens (tertiary/aromatic N) is 3. The number of aliphatic hydroxyl groups is 2. The predicted molar refractivity (Wildman–Crippen MR) is 113 cm³/mol. The number of rotatable bonds is 6. The lowest BCUT2D eigenvalue weighted by Gasteiger charge is -2.57. The molecule has 1 aliphatic carbocycles. The van der Waals surface area contributed by atoms with Crippen LogP contribution in [0.25, 0.3) is 0 Å². The van der Waals surface area contributed by atoms with Crippen LogP contribution >= 0.6 is 0 Å². The summed E-state index contributed by atoms with van der Waals surface area (Å²) in [6, 6.07) is -1.51. The molecular formula is C20H30N6O7. The number of hydrogen-bond donors (Lipinski definition) is 5. The summed E-state index contributed by atoms with van der Waals surface area (Å²) in [6.45, 7) is 1.78. The fraction of sp³-hybridized carbons (Fsp3) is 0.750. The average molecular weight is 466 g/mol. The van der Waals surface area contributed by atoms with Crippen LogP contribution in [0.15, 0.2) is 23.6 Å². The molecule has 182 valence electrons. The maximum Gasteiger partial charge on any atom is 0.239 e. The predicted octanol–water partition coefficient (Wildman–Crippen LogP) is -2.20. The summed E-state index contributed by atoms with van der Waals surface area (Å²) in [5, 5.41) is 34.3. The topological polar surface area (TPSA) is 177 Å². The second-order valence-electron chi connectivity index (χ2n) is 8.63. The third-order valence-corrected chi connectivity index (χ3v) is 6.55. The molecular weight excluding hydrogens is 436 g/mol.